The molecule has 2 aliphatic heterocycles. The van der Waals surface area contributed by atoms with E-state index >= 15 is 0 Å². The zero-order valence-electron chi connectivity index (χ0n) is 9.63. The van der Waals surface area contributed by atoms with E-state index in [-0.39, 0.29) is 0 Å². The number of hydrogen-bond acceptors (Lipinski definition) is 2. The summed E-state index contributed by atoms with van der Waals surface area (Å²) in [6.07, 6.45) is 5.56. The lowest BCUT2D eigenvalue weighted by Gasteiger charge is -2.37. The van der Waals surface area contributed by atoms with E-state index in [0.717, 1.165) is 18.0 Å². The number of hydrogen-bond donors (Lipinski definition) is 1. The smallest absolute Gasteiger partial charge is 0.0195 e. The van der Waals surface area contributed by atoms with Crippen LogP contribution in [0.1, 0.15) is 39.5 Å². The van der Waals surface area contributed by atoms with E-state index in [0.29, 0.717) is 0 Å². The van der Waals surface area contributed by atoms with Gasteiger partial charge in [-0.3, -0.25) is 4.90 Å². The Labute approximate surface area is 88.1 Å². The topological polar surface area (TPSA) is 15.3 Å². The van der Waals surface area contributed by atoms with Gasteiger partial charge < -0.3 is 5.32 Å². The number of likely N-dealkylation sites (tertiary alicyclic amines) is 1. The van der Waals surface area contributed by atoms with Gasteiger partial charge in [-0.2, -0.15) is 0 Å². The Kier molecular flexibility index (Phi) is 3.45. The molecule has 0 saturated carbocycles. The normalized spacial score (nSPS) is 40.3. The molecule has 2 saturated heterocycles. The predicted molar refractivity (Wildman–Crippen MR) is 60.5 cm³/mol. The summed E-state index contributed by atoms with van der Waals surface area (Å²) in [5.74, 6) is 0.942. The first-order valence-electron chi connectivity index (χ1n) is 6.23. The van der Waals surface area contributed by atoms with E-state index in [2.05, 4.69) is 24.1 Å². The van der Waals surface area contributed by atoms with Gasteiger partial charge in [0.2, 0.25) is 0 Å². The minimum absolute atomic E-state index is 0.783. The summed E-state index contributed by atoms with van der Waals surface area (Å²) in [6, 6.07) is 1.59. The molecule has 0 radical (unpaired) electrons. The first kappa shape index (κ1) is 10.4. The second-order valence-corrected chi connectivity index (χ2v) is 5.27. The summed E-state index contributed by atoms with van der Waals surface area (Å²) in [6.45, 7) is 8.63. The molecule has 2 heterocycles. The van der Waals surface area contributed by atoms with Gasteiger partial charge >= 0.3 is 0 Å². The summed E-state index contributed by atoms with van der Waals surface area (Å²) in [7, 11) is 0. The highest BCUT2D eigenvalue weighted by atomic mass is 15.2. The molecule has 2 nitrogen and oxygen atoms in total. The van der Waals surface area contributed by atoms with Crippen LogP contribution in [0.15, 0.2) is 0 Å². The van der Waals surface area contributed by atoms with Crippen molar-refractivity contribution in [3.63, 3.8) is 0 Å². The molecule has 2 heteroatoms. The Hall–Kier alpha value is -0.0800. The Balaban J connectivity index is 1.79. The zero-order chi connectivity index (χ0) is 9.97. The molecule has 2 aliphatic rings. The van der Waals surface area contributed by atoms with E-state index < -0.39 is 0 Å². The van der Waals surface area contributed by atoms with Crippen molar-refractivity contribution in [3.8, 4) is 0 Å². The van der Waals surface area contributed by atoms with Gasteiger partial charge in [0.25, 0.3) is 0 Å². The molecule has 0 aromatic rings. The highest BCUT2D eigenvalue weighted by molar-refractivity contribution is 4.83. The van der Waals surface area contributed by atoms with Crippen molar-refractivity contribution in [1.82, 2.24) is 10.2 Å². The van der Waals surface area contributed by atoms with E-state index in [1.54, 1.807) is 0 Å². The van der Waals surface area contributed by atoms with Crippen molar-refractivity contribution < 1.29 is 0 Å². The van der Waals surface area contributed by atoms with E-state index in [9.17, 15) is 0 Å². The van der Waals surface area contributed by atoms with Gasteiger partial charge in [-0.05, 0) is 51.6 Å². The molecule has 0 aliphatic carbocycles. The van der Waals surface area contributed by atoms with Crippen molar-refractivity contribution in [3.05, 3.63) is 0 Å². The van der Waals surface area contributed by atoms with Crippen LogP contribution in [0.2, 0.25) is 0 Å². The molecule has 82 valence electrons. The lowest BCUT2D eigenvalue weighted by molar-refractivity contribution is 0.119. The third-order valence-electron chi connectivity index (χ3n) is 3.89. The van der Waals surface area contributed by atoms with E-state index in [1.165, 1.54) is 45.3 Å². The van der Waals surface area contributed by atoms with Crippen LogP contribution >= 0.6 is 0 Å². The first-order chi connectivity index (χ1) is 6.75. The average molecular weight is 196 g/mol. The third kappa shape index (κ3) is 2.48. The summed E-state index contributed by atoms with van der Waals surface area (Å²) in [4.78, 5) is 2.68. The maximum absolute atomic E-state index is 3.59. The van der Waals surface area contributed by atoms with E-state index in [1.807, 2.05) is 0 Å². The fourth-order valence-corrected chi connectivity index (χ4v) is 2.92. The molecule has 3 atom stereocenters. The lowest BCUT2D eigenvalue weighted by atomic mass is 9.93. The number of rotatable bonds is 2. The largest absolute Gasteiger partial charge is 0.313 e. The van der Waals surface area contributed by atoms with Crippen LogP contribution in [0, 0.1) is 5.92 Å². The molecule has 2 rings (SSSR count). The van der Waals surface area contributed by atoms with Crippen molar-refractivity contribution in [2.75, 3.05) is 19.6 Å². The summed E-state index contributed by atoms with van der Waals surface area (Å²) < 4.78 is 0. The van der Waals surface area contributed by atoms with Crippen LogP contribution in [-0.2, 0) is 0 Å². The molecule has 0 spiro atoms. The maximum Gasteiger partial charge on any atom is 0.0195 e. The van der Waals surface area contributed by atoms with Gasteiger partial charge in [0, 0.05) is 18.6 Å². The van der Waals surface area contributed by atoms with Gasteiger partial charge in [0.15, 0.2) is 0 Å². The second-order valence-electron chi connectivity index (χ2n) is 5.27. The third-order valence-corrected chi connectivity index (χ3v) is 3.89. The molecule has 0 bridgehead atoms. The first-order valence-corrected chi connectivity index (χ1v) is 6.23. The lowest BCUT2D eigenvalue weighted by Crippen LogP contribution is -2.46. The van der Waals surface area contributed by atoms with Gasteiger partial charge in [-0.15, -0.1) is 0 Å². The highest BCUT2D eigenvalue weighted by Crippen LogP contribution is 2.22. The molecule has 0 aromatic carbocycles. The van der Waals surface area contributed by atoms with Crippen molar-refractivity contribution in [2.24, 2.45) is 5.92 Å². The van der Waals surface area contributed by atoms with E-state index in [4.69, 9.17) is 0 Å². The Morgan fingerprint density at radius 3 is 2.79 bits per heavy atom. The average Bonchev–Trinajstić information content (AvgIpc) is 2.62. The fraction of sp³-hybridized carbons (Fsp3) is 1.00. The van der Waals surface area contributed by atoms with Crippen molar-refractivity contribution >= 4 is 0 Å². The second kappa shape index (κ2) is 4.63. The predicted octanol–water partition coefficient (Wildman–Crippen LogP) is 1.86. The van der Waals surface area contributed by atoms with Gasteiger partial charge in [0.1, 0.15) is 0 Å². The minimum atomic E-state index is 0.783. The van der Waals surface area contributed by atoms with Gasteiger partial charge in [0.05, 0.1) is 0 Å². The Bertz CT molecular complexity index is 175. The Morgan fingerprint density at radius 2 is 2.14 bits per heavy atom. The van der Waals surface area contributed by atoms with Crippen LogP contribution in [0.5, 0.6) is 0 Å². The van der Waals surface area contributed by atoms with Crippen LogP contribution < -0.4 is 5.32 Å². The molecule has 0 aromatic heterocycles. The molecule has 14 heavy (non-hydrogen) atoms. The van der Waals surface area contributed by atoms with Crippen LogP contribution in [-0.4, -0.2) is 36.6 Å². The summed E-state index contributed by atoms with van der Waals surface area (Å²) >= 11 is 0. The minimum Gasteiger partial charge on any atom is -0.313 e. The summed E-state index contributed by atoms with van der Waals surface area (Å²) in [5.41, 5.74) is 0. The molecular weight excluding hydrogens is 172 g/mol. The quantitative estimate of drug-likeness (QED) is 0.725. The van der Waals surface area contributed by atoms with Crippen LogP contribution in [0.25, 0.3) is 0 Å². The molecule has 0 amide bonds. The Morgan fingerprint density at radius 1 is 1.29 bits per heavy atom. The standard InChI is InChI=1S/C12H24N2/c1-10-5-7-14(11(2)8-10)9-12-4-3-6-13-12/h10-13H,3-9H2,1-2H3/t10?,11?,12-/m1/s1. The molecular formula is C12H24N2. The van der Waals surface area contributed by atoms with Crippen LogP contribution in [0.3, 0.4) is 0 Å². The number of nitrogens with one attached hydrogen (secondary N) is 1. The monoisotopic (exact) mass is 196 g/mol. The molecule has 2 unspecified atom stereocenters. The number of piperidine rings is 1. The van der Waals surface area contributed by atoms with Crippen molar-refractivity contribution in [2.45, 2.75) is 51.6 Å². The molecule has 2 fully saturated rings. The zero-order valence-corrected chi connectivity index (χ0v) is 9.63. The SMILES string of the molecule is CC1CCN(C[C@H]2CCCN2)C(C)C1. The van der Waals surface area contributed by atoms with Crippen LogP contribution in [0.4, 0.5) is 0 Å². The fourth-order valence-electron chi connectivity index (χ4n) is 2.92. The maximum atomic E-state index is 3.59. The molecule has 1 N–H and O–H groups in total. The highest BCUT2D eigenvalue weighted by Gasteiger charge is 2.25. The van der Waals surface area contributed by atoms with Gasteiger partial charge in [-0.1, -0.05) is 6.92 Å². The summed E-state index contributed by atoms with van der Waals surface area (Å²) in [5, 5.41) is 3.59. The number of nitrogens with zero attached hydrogens (tertiary/aromatic N) is 1. The van der Waals surface area contributed by atoms with Crippen molar-refractivity contribution in [1.29, 1.82) is 0 Å². The van der Waals surface area contributed by atoms with Gasteiger partial charge in [-0.25, -0.2) is 0 Å².